The van der Waals surface area contributed by atoms with Gasteiger partial charge in [-0.25, -0.2) is 10.4 Å². The van der Waals surface area contributed by atoms with Crippen LogP contribution in [0.4, 0.5) is 17.1 Å². The van der Waals surface area contributed by atoms with Gasteiger partial charge in [-0.1, -0.05) is 24.3 Å². The number of nitrogens with zero attached hydrogens (tertiary/aromatic N) is 1. The first kappa shape index (κ1) is 25.1. The SMILES string of the molecule is COc1cc(NC(=O)c2cccc(N3C[C@H]([NH2+][C@@H](O)Nc4ccccc4)C[NH2+]3)c2)cc(OC)c1OC. The van der Waals surface area contributed by atoms with Crippen LogP contribution in [0.1, 0.15) is 10.4 Å². The molecule has 1 aliphatic heterocycles. The van der Waals surface area contributed by atoms with Crippen LogP contribution >= 0.6 is 0 Å². The van der Waals surface area contributed by atoms with E-state index in [4.69, 9.17) is 14.2 Å². The number of nitrogens with one attached hydrogen (secondary N) is 2. The molecule has 0 aliphatic carbocycles. The van der Waals surface area contributed by atoms with Crippen molar-refractivity contribution < 1.29 is 34.9 Å². The van der Waals surface area contributed by atoms with Gasteiger partial charge in [0.25, 0.3) is 12.3 Å². The third kappa shape index (κ3) is 5.98. The number of hydrogen-bond acceptors (Lipinski definition) is 7. The number of ether oxygens (including phenoxy) is 3. The number of benzene rings is 3. The first-order chi connectivity index (χ1) is 17.5. The molecule has 0 saturated carbocycles. The molecule has 1 heterocycles. The number of rotatable bonds is 10. The molecule has 0 aromatic heterocycles. The van der Waals surface area contributed by atoms with Crippen molar-refractivity contribution in [2.45, 2.75) is 12.4 Å². The quantitative estimate of drug-likeness (QED) is 0.206. The Hall–Kier alpha value is -3.99. The Morgan fingerprint density at radius 3 is 2.39 bits per heavy atom. The molecular formula is C26H33N5O5+2. The van der Waals surface area contributed by atoms with E-state index < -0.39 is 6.35 Å². The second-order valence-electron chi connectivity index (χ2n) is 8.40. The average molecular weight is 496 g/mol. The first-order valence-corrected chi connectivity index (χ1v) is 11.7. The molecule has 0 bridgehead atoms. The van der Waals surface area contributed by atoms with E-state index in [2.05, 4.69) is 21.1 Å². The van der Waals surface area contributed by atoms with Crippen molar-refractivity contribution in [1.29, 1.82) is 0 Å². The van der Waals surface area contributed by atoms with E-state index in [0.717, 1.165) is 17.9 Å². The van der Waals surface area contributed by atoms with E-state index in [0.29, 0.717) is 35.0 Å². The molecule has 1 aliphatic rings. The minimum absolute atomic E-state index is 0.174. The molecule has 10 heteroatoms. The van der Waals surface area contributed by atoms with Gasteiger partial charge >= 0.3 is 0 Å². The van der Waals surface area contributed by atoms with Crippen LogP contribution in [0.25, 0.3) is 0 Å². The highest BCUT2D eigenvalue weighted by molar-refractivity contribution is 6.05. The summed E-state index contributed by atoms with van der Waals surface area (Å²) in [5, 5.41) is 20.4. The fourth-order valence-electron chi connectivity index (χ4n) is 4.21. The fourth-order valence-corrected chi connectivity index (χ4v) is 4.21. The van der Waals surface area contributed by atoms with Gasteiger partial charge in [0.05, 0.1) is 27.0 Å². The molecule has 36 heavy (non-hydrogen) atoms. The maximum absolute atomic E-state index is 13.0. The summed E-state index contributed by atoms with van der Waals surface area (Å²) in [6, 6.07) is 20.6. The third-order valence-electron chi connectivity index (χ3n) is 5.97. The number of anilines is 3. The summed E-state index contributed by atoms with van der Waals surface area (Å²) in [6.45, 7) is 1.51. The van der Waals surface area contributed by atoms with Gasteiger partial charge in [-0.3, -0.25) is 10.1 Å². The lowest BCUT2D eigenvalue weighted by Gasteiger charge is -2.17. The number of amides is 1. The van der Waals surface area contributed by atoms with Crippen LogP contribution in [-0.2, 0) is 0 Å². The van der Waals surface area contributed by atoms with Crippen LogP contribution in [0.15, 0.2) is 66.7 Å². The highest BCUT2D eigenvalue weighted by Gasteiger charge is 2.31. The Kier molecular flexibility index (Phi) is 8.11. The molecule has 3 aromatic rings. The zero-order valence-electron chi connectivity index (χ0n) is 20.6. The zero-order valence-corrected chi connectivity index (χ0v) is 20.6. The van der Waals surface area contributed by atoms with Crippen LogP contribution in [0, 0.1) is 0 Å². The molecule has 3 aromatic carbocycles. The first-order valence-electron chi connectivity index (χ1n) is 11.7. The monoisotopic (exact) mass is 495 g/mol. The summed E-state index contributed by atoms with van der Waals surface area (Å²) in [4.78, 5) is 13.0. The second kappa shape index (κ2) is 11.6. The highest BCUT2D eigenvalue weighted by Crippen LogP contribution is 2.40. The predicted molar refractivity (Wildman–Crippen MR) is 136 cm³/mol. The minimum atomic E-state index is -0.749. The summed E-state index contributed by atoms with van der Waals surface area (Å²) < 4.78 is 16.1. The number of para-hydroxylation sites is 1. The van der Waals surface area contributed by atoms with Gasteiger partial charge in [0.15, 0.2) is 24.1 Å². The average Bonchev–Trinajstić information content (AvgIpc) is 3.37. The van der Waals surface area contributed by atoms with Crippen LogP contribution in [0.3, 0.4) is 0 Å². The topological polar surface area (TPSA) is 126 Å². The van der Waals surface area contributed by atoms with E-state index in [-0.39, 0.29) is 11.9 Å². The number of carbonyl (C=O) groups excluding carboxylic acids is 1. The molecule has 0 unspecified atom stereocenters. The Bertz CT molecular complexity index is 1150. The van der Waals surface area contributed by atoms with Crippen molar-refractivity contribution in [1.82, 2.24) is 0 Å². The molecule has 1 fully saturated rings. The molecule has 2 atom stereocenters. The number of nitrogens with two attached hydrogens (primary N) is 2. The molecule has 1 amide bonds. The molecule has 190 valence electrons. The lowest BCUT2D eigenvalue weighted by atomic mass is 10.1. The van der Waals surface area contributed by atoms with Gasteiger partial charge in [-0.05, 0) is 30.3 Å². The van der Waals surface area contributed by atoms with Gasteiger partial charge in [0, 0.05) is 29.1 Å². The van der Waals surface area contributed by atoms with E-state index in [1.54, 1.807) is 18.2 Å². The lowest BCUT2D eigenvalue weighted by molar-refractivity contribution is -0.763. The summed E-state index contributed by atoms with van der Waals surface area (Å²) in [7, 11) is 4.59. The van der Waals surface area contributed by atoms with Crippen LogP contribution in [-0.4, -0.2) is 57.8 Å². The Morgan fingerprint density at radius 2 is 1.72 bits per heavy atom. The predicted octanol–water partition coefficient (Wildman–Crippen LogP) is 0.583. The number of methoxy groups -OCH3 is 3. The van der Waals surface area contributed by atoms with Crippen molar-refractivity contribution in [2.24, 2.45) is 0 Å². The van der Waals surface area contributed by atoms with Crippen molar-refractivity contribution in [2.75, 3.05) is 50.1 Å². The molecule has 0 spiro atoms. The maximum Gasteiger partial charge on any atom is 0.269 e. The largest absolute Gasteiger partial charge is 0.493 e. The molecule has 7 N–H and O–H groups in total. The Morgan fingerprint density at radius 1 is 1.00 bits per heavy atom. The smallest absolute Gasteiger partial charge is 0.269 e. The standard InChI is InChI=1S/C26H31N5O5/c1-34-22-13-19(14-23(35-2)24(22)36-3)28-25(32)17-8-7-11-21(12-17)31-16-20(15-27-31)30-26(33)29-18-9-5-4-6-10-18/h4-14,20,26-27,29-30,33H,15-16H2,1-3H3,(H,28,32)/p+2/t20-,26+/m1/s1. The lowest BCUT2D eigenvalue weighted by Crippen LogP contribution is -3.00. The Labute approximate surface area is 210 Å². The number of carbonyl (C=O) groups is 1. The molecule has 1 saturated heterocycles. The van der Waals surface area contributed by atoms with Crippen molar-refractivity contribution in [3.63, 3.8) is 0 Å². The Balaban J connectivity index is 1.39. The number of aliphatic hydroxyl groups is 1. The molecule has 4 rings (SSSR count). The summed E-state index contributed by atoms with van der Waals surface area (Å²) in [6.07, 6.45) is -0.749. The van der Waals surface area contributed by atoms with Gasteiger partial charge in [0.1, 0.15) is 6.54 Å². The van der Waals surface area contributed by atoms with Gasteiger partial charge in [-0.2, -0.15) is 0 Å². The van der Waals surface area contributed by atoms with Crippen molar-refractivity contribution >= 4 is 23.0 Å². The van der Waals surface area contributed by atoms with Crippen molar-refractivity contribution in [3.8, 4) is 17.2 Å². The van der Waals surface area contributed by atoms with E-state index >= 15 is 0 Å². The van der Waals surface area contributed by atoms with Crippen molar-refractivity contribution in [3.05, 3.63) is 72.3 Å². The van der Waals surface area contributed by atoms with E-state index in [1.165, 1.54) is 21.3 Å². The van der Waals surface area contributed by atoms with Crippen LogP contribution < -0.4 is 40.6 Å². The third-order valence-corrected chi connectivity index (χ3v) is 5.97. The summed E-state index contributed by atoms with van der Waals surface area (Å²) in [5.74, 6) is 1.12. The van der Waals surface area contributed by atoms with E-state index in [9.17, 15) is 9.90 Å². The maximum atomic E-state index is 13.0. The van der Waals surface area contributed by atoms with Crippen LogP contribution in [0.2, 0.25) is 0 Å². The molecule has 0 radical (unpaired) electrons. The normalized spacial score (nSPS) is 15.8. The minimum Gasteiger partial charge on any atom is -0.493 e. The fraction of sp³-hybridized carbons (Fsp3) is 0.269. The van der Waals surface area contributed by atoms with Gasteiger partial charge in [0.2, 0.25) is 5.75 Å². The van der Waals surface area contributed by atoms with E-state index in [1.807, 2.05) is 53.8 Å². The molecule has 10 nitrogen and oxygen atoms in total. The molecular weight excluding hydrogens is 462 g/mol. The van der Waals surface area contributed by atoms with Gasteiger partial charge < -0.3 is 30.0 Å². The number of hydrogen-bond donors (Lipinski definition) is 5. The zero-order chi connectivity index (χ0) is 25.5. The second-order valence-corrected chi connectivity index (χ2v) is 8.40. The number of quaternary nitrogens is 2. The number of aliphatic hydroxyl groups excluding tert-OH is 1. The van der Waals surface area contributed by atoms with Gasteiger partial charge in [-0.15, -0.1) is 0 Å². The summed E-state index contributed by atoms with van der Waals surface area (Å²) in [5.41, 5.74) is 4.92. The summed E-state index contributed by atoms with van der Waals surface area (Å²) >= 11 is 0. The van der Waals surface area contributed by atoms with Crippen LogP contribution in [0.5, 0.6) is 17.2 Å². The highest BCUT2D eigenvalue weighted by atomic mass is 16.5.